The Morgan fingerprint density at radius 2 is 2.03 bits per heavy atom. The van der Waals surface area contributed by atoms with Gasteiger partial charge in [-0.3, -0.25) is 0 Å². The standard InChI is InChI=1S/C24H34N4OSi/c1-24(2)14-25-21-11-18-17-8-6-7-16-13-28(15-29-9-10-30(3,4)5)27-22(16)23(17)26-20(18)12-19(21)24/h11-13,25-26H,6-10,14-15H2,1-5H3. The highest BCUT2D eigenvalue weighted by atomic mass is 28.3. The Morgan fingerprint density at radius 1 is 1.20 bits per heavy atom. The highest BCUT2D eigenvalue weighted by molar-refractivity contribution is 6.76. The Hall–Kier alpha value is -2.05. The van der Waals surface area contributed by atoms with Crippen molar-refractivity contribution in [2.45, 2.75) is 70.9 Å². The van der Waals surface area contributed by atoms with E-state index in [2.05, 4.69) is 62.1 Å². The minimum absolute atomic E-state index is 0.173. The first kappa shape index (κ1) is 19.9. The van der Waals surface area contributed by atoms with E-state index in [1.165, 1.54) is 45.0 Å². The summed E-state index contributed by atoms with van der Waals surface area (Å²) < 4.78 is 7.93. The lowest BCUT2D eigenvalue weighted by Gasteiger charge is -2.16. The van der Waals surface area contributed by atoms with Gasteiger partial charge in [-0.15, -0.1) is 0 Å². The van der Waals surface area contributed by atoms with Gasteiger partial charge in [0.1, 0.15) is 12.4 Å². The molecule has 0 unspecified atom stereocenters. The minimum atomic E-state index is -1.06. The van der Waals surface area contributed by atoms with Gasteiger partial charge in [-0.05, 0) is 54.1 Å². The van der Waals surface area contributed by atoms with E-state index in [9.17, 15) is 0 Å². The van der Waals surface area contributed by atoms with Gasteiger partial charge in [0.25, 0.3) is 0 Å². The van der Waals surface area contributed by atoms with Crippen LogP contribution in [0, 0.1) is 0 Å². The van der Waals surface area contributed by atoms with Crippen molar-refractivity contribution in [3.63, 3.8) is 0 Å². The van der Waals surface area contributed by atoms with Crippen LogP contribution in [0.15, 0.2) is 18.3 Å². The van der Waals surface area contributed by atoms with Crippen LogP contribution < -0.4 is 5.32 Å². The van der Waals surface area contributed by atoms with Crippen molar-refractivity contribution in [2.24, 2.45) is 0 Å². The highest BCUT2D eigenvalue weighted by Gasteiger charge is 2.31. The van der Waals surface area contributed by atoms with Crippen LogP contribution >= 0.6 is 0 Å². The van der Waals surface area contributed by atoms with Gasteiger partial charge < -0.3 is 15.0 Å². The van der Waals surface area contributed by atoms with Crippen molar-refractivity contribution >= 4 is 24.7 Å². The molecule has 0 radical (unpaired) electrons. The minimum Gasteiger partial charge on any atom is -0.384 e. The average Bonchev–Trinajstić information content (AvgIpc) is 3.28. The molecule has 5 nitrogen and oxygen atoms in total. The fourth-order valence-electron chi connectivity index (χ4n) is 4.79. The van der Waals surface area contributed by atoms with Crippen LogP contribution in [0.3, 0.4) is 0 Å². The summed E-state index contributed by atoms with van der Waals surface area (Å²) in [5.41, 5.74) is 9.19. The SMILES string of the molecule is CC1(C)CNc2cc3c4c([nH]c3cc21)-c1nn(COCC[Si](C)(C)C)cc1CCC4. The Labute approximate surface area is 180 Å². The molecule has 0 amide bonds. The molecule has 160 valence electrons. The molecule has 6 heteroatoms. The number of hydrogen-bond donors (Lipinski definition) is 2. The van der Waals surface area contributed by atoms with Crippen molar-refractivity contribution in [3.8, 4) is 11.4 Å². The molecule has 5 rings (SSSR count). The van der Waals surface area contributed by atoms with E-state index < -0.39 is 8.07 Å². The van der Waals surface area contributed by atoms with Crippen molar-refractivity contribution in [2.75, 3.05) is 18.5 Å². The van der Waals surface area contributed by atoms with Crippen molar-refractivity contribution in [3.05, 3.63) is 35.0 Å². The summed E-state index contributed by atoms with van der Waals surface area (Å²) in [6.45, 7) is 14.2. The molecule has 1 aliphatic heterocycles. The summed E-state index contributed by atoms with van der Waals surface area (Å²) in [6.07, 6.45) is 5.52. The molecule has 2 N–H and O–H groups in total. The molecule has 0 bridgehead atoms. The summed E-state index contributed by atoms with van der Waals surface area (Å²) in [5.74, 6) is 0. The van der Waals surface area contributed by atoms with Crippen molar-refractivity contribution < 1.29 is 4.74 Å². The zero-order valence-electron chi connectivity index (χ0n) is 19.0. The number of nitrogens with one attached hydrogen (secondary N) is 2. The number of rotatable bonds is 5. The second kappa shape index (κ2) is 6.99. The monoisotopic (exact) mass is 422 g/mol. The predicted octanol–water partition coefficient (Wildman–Crippen LogP) is 5.54. The molecule has 3 heterocycles. The molecule has 2 aromatic heterocycles. The number of nitrogens with zero attached hydrogens (tertiary/aromatic N) is 2. The van der Waals surface area contributed by atoms with E-state index in [4.69, 9.17) is 9.84 Å². The van der Waals surface area contributed by atoms with Crippen LogP contribution in [-0.4, -0.2) is 36.0 Å². The van der Waals surface area contributed by atoms with Crippen LogP contribution in [0.1, 0.15) is 37.0 Å². The summed E-state index contributed by atoms with van der Waals surface area (Å²) >= 11 is 0. The van der Waals surface area contributed by atoms with Crippen LogP contribution in [0.5, 0.6) is 0 Å². The van der Waals surface area contributed by atoms with Gasteiger partial charge in [-0.1, -0.05) is 33.5 Å². The third-order valence-electron chi connectivity index (χ3n) is 6.66. The zero-order chi connectivity index (χ0) is 21.1. The number of aryl methyl sites for hydroxylation is 2. The first-order valence-corrected chi connectivity index (χ1v) is 15.0. The van der Waals surface area contributed by atoms with E-state index in [0.29, 0.717) is 6.73 Å². The average molecular weight is 423 g/mol. The fraction of sp³-hybridized carbons (Fsp3) is 0.542. The summed E-state index contributed by atoms with van der Waals surface area (Å²) in [4.78, 5) is 3.74. The number of aromatic nitrogens is 3. The lowest BCUT2D eigenvalue weighted by Crippen LogP contribution is -2.22. The van der Waals surface area contributed by atoms with Gasteiger partial charge in [0.15, 0.2) is 0 Å². The lowest BCUT2D eigenvalue weighted by atomic mass is 9.86. The number of fused-ring (bicyclic) bond motifs is 6. The quantitative estimate of drug-likeness (QED) is 0.419. The molecule has 1 aliphatic carbocycles. The van der Waals surface area contributed by atoms with Crippen molar-refractivity contribution in [1.29, 1.82) is 0 Å². The first-order valence-electron chi connectivity index (χ1n) is 11.3. The van der Waals surface area contributed by atoms with Crippen LogP contribution in [0.2, 0.25) is 25.7 Å². The molecular formula is C24H34N4OSi. The van der Waals surface area contributed by atoms with Crippen molar-refractivity contribution in [1.82, 2.24) is 14.8 Å². The largest absolute Gasteiger partial charge is 0.384 e. The maximum absolute atomic E-state index is 5.94. The smallest absolute Gasteiger partial charge is 0.139 e. The first-order chi connectivity index (χ1) is 14.2. The maximum Gasteiger partial charge on any atom is 0.139 e. The Balaban J connectivity index is 1.46. The van der Waals surface area contributed by atoms with E-state index in [-0.39, 0.29) is 5.41 Å². The van der Waals surface area contributed by atoms with E-state index in [1.807, 2.05) is 4.68 Å². The molecule has 0 saturated carbocycles. The van der Waals surface area contributed by atoms with E-state index in [1.54, 1.807) is 0 Å². The van der Waals surface area contributed by atoms with E-state index in [0.717, 1.165) is 38.1 Å². The molecule has 0 fully saturated rings. The molecule has 0 spiro atoms. The molecular weight excluding hydrogens is 388 g/mol. The normalized spacial score (nSPS) is 17.4. The Morgan fingerprint density at radius 3 is 2.83 bits per heavy atom. The zero-order valence-corrected chi connectivity index (χ0v) is 20.0. The van der Waals surface area contributed by atoms with Gasteiger partial charge in [-0.25, -0.2) is 4.68 Å². The fourth-order valence-corrected chi connectivity index (χ4v) is 5.55. The summed E-state index contributed by atoms with van der Waals surface area (Å²) in [6, 6.07) is 5.90. The van der Waals surface area contributed by atoms with Gasteiger partial charge in [0, 0.05) is 49.4 Å². The Kier molecular flexibility index (Phi) is 4.63. The maximum atomic E-state index is 5.94. The molecule has 0 saturated heterocycles. The topological polar surface area (TPSA) is 54.9 Å². The number of benzene rings is 1. The van der Waals surface area contributed by atoms with Gasteiger partial charge in [-0.2, -0.15) is 5.10 Å². The Bertz CT molecular complexity index is 1100. The highest BCUT2D eigenvalue weighted by Crippen LogP contribution is 2.42. The number of aromatic amines is 1. The second-order valence-electron chi connectivity index (χ2n) is 10.9. The predicted molar refractivity (Wildman–Crippen MR) is 127 cm³/mol. The third kappa shape index (κ3) is 3.50. The summed E-state index contributed by atoms with van der Waals surface area (Å²) in [5, 5.41) is 9.90. The van der Waals surface area contributed by atoms with Crippen LogP contribution in [0.4, 0.5) is 5.69 Å². The van der Waals surface area contributed by atoms with Gasteiger partial charge in [0.2, 0.25) is 0 Å². The number of ether oxygens (including phenoxy) is 1. The number of anilines is 1. The molecule has 2 aliphatic rings. The molecule has 1 aromatic carbocycles. The number of hydrogen-bond acceptors (Lipinski definition) is 3. The van der Waals surface area contributed by atoms with Crippen LogP contribution in [-0.2, 0) is 29.7 Å². The molecule has 0 atom stereocenters. The molecule has 3 aromatic rings. The van der Waals surface area contributed by atoms with Gasteiger partial charge in [0.05, 0.1) is 5.69 Å². The number of H-pyrrole nitrogens is 1. The second-order valence-corrected chi connectivity index (χ2v) is 16.5. The van der Waals surface area contributed by atoms with Gasteiger partial charge >= 0.3 is 0 Å². The summed E-state index contributed by atoms with van der Waals surface area (Å²) in [7, 11) is -1.06. The third-order valence-corrected chi connectivity index (χ3v) is 8.37. The van der Waals surface area contributed by atoms with Crippen LogP contribution in [0.25, 0.3) is 22.3 Å². The van der Waals surface area contributed by atoms with E-state index >= 15 is 0 Å². The molecule has 30 heavy (non-hydrogen) atoms. The lowest BCUT2D eigenvalue weighted by molar-refractivity contribution is 0.0786.